The smallest absolute Gasteiger partial charge is 0.161 e. The molecule has 0 spiro atoms. The second-order valence-electron chi connectivity index (χ2n) is 1.30. The number of halogens is 1. The maximum absolute atomic E-state index is 11.8. The second kappa shape index (κ2) is 4.45. The van der Waals surface area contributed by atoms with Crippen LogP contribution in [-0.4, -0.2) is 12.8 Å². The molecule has 0 aliphatic carbocycles. The molecule has 0 amide bonds. The molecule has 0 heterocycles. The summed E-state index contributed by atoms with van der Waals surface area (Å²) in [4.78, 5) is 0. The second-order valence-corrected chi connectivity index (χ2v) is 1.30. The highest BCUT2D eigenvalue weighted by molar-refractivity contribution is 4.96. The van der Waals surface area contributed by atoms with Crippen LogP contribution in [0.25, 0.3) is 0 Å². The quantitative estimate of drug-likeness (QED) is 0.470. The first-order valence-corrected chi connectivity index (χ1v) is 2.53. The average Bonchev–Trinajstić information content (AvgIpc) is 1.66. The van der Waals surface area contributed by atoms with E-state index >= 15 is 0 Å². The minimum Gasteiger partial charge on any atom is -0.447 e. The van der Waals surface area contributed by atoms with Gasteiger partial charge in [0.1, 0.15) is 6.11 Å². The van der Waals surface area contributed by atoms with Crippen LogP contribution in [0.4, 0.5) is 4.39 Å². The van der Waals surface area contributed by atoms with Gasteiger partial charge in [-0.2, -0.15) is 0 Å². The van der Waals surface area contributed by atoms with Crippen LogP contribution in [0.5, 0.6) is 0 Å². The van der Waals surface area contributed by atoms with Gasteiger partial charge in [0, 0.05) is 0 Å². The minimum absolute atomic E-state index is 0.514. The Morgan fingerprint density at radius 2 is 2.38 bits per heavy atom. The molecule has 0 saturated carbocycles. The van der Waals surface area contributed by atoms with Crippen LogP contribution in [0, 0.1) is 12.0 Å². The van der Waals surface area contributed by atoms with E-state index in [0.717, 1.165) is 0 Å². The molecule has 1 atom stereocenters. The van der Waals surface area contributed by atoms with E-state index < -0.39 is 6.17 Å². The summed E-state index contributed by atoms with van der Waals surface area (Å²) < 4.78 is 16.3. The minimum atomic E-state index is -1.08. The molecule has 0 aliphatic heterocycles. The third-order valence-electron chi connectivity index (χ3n) is 0.474. The van der Waals surface area contributed by atoms with Gasteiger partial charge in [-0.1, -0.05) is 0 Å². The summed E-state index contributed by atoms with van der Waals surface area (Å²) in [7, 11) is 0. The molecule has 0 rings (SSSR count). The Balaban J connectivity index is 3.20. The first-order valence-electron chi connectivity index (χ1n) is 2.53. The lowest BCUT2D eigenvalue weighted by atomic mass is 10.5. The van der Waals surface area contributed by atoms with Crippen molar-refractivity contribution in [2.24, 2.45) is 0 Å². The van der Waals surface area contributed by atoms with E-state index in [1.807, 2.05) is 0 Å². The summed E-state index contributed by atoms with van der Waals surface area (Å²) in [5.41, 5.74) is 0. The molecule has 1 unspecified atom stereocenters. The Bertz CT molecular complexity index is 98.8. The molecule has 0 radical (unpaired) electrons. The summed E-state index contributed by atoms with van der Waals surface area (Å²) >= 11 is 0. The van der Waals surface area contributed by atoms with Crippen molar-refractivity contribution in [2.45, 2.75) is 20.0 Å². The van der Waals surface area contributed by atoms with E-state index in [2.05, 4.69) is 16.8 Å². The molecule has 0 bridgehead atoms. The fourth-order valence-corrected chi connectivity index (χ4v) is 0.195. The lowest BCUT2D eigenvalue weighted by Crippen LogP contribution is -1.85. The highest BCUT2D eigenvalue weighted by Crippen LogP contribution is 1.81. The van der Waals surface area contributed by atoms with Crippen LogP contribution in [-0.2, 0) is 4.74 Å². The molecule has 0 aromatic carbocycles. The SMILES string of the molecule is CCOC#CC(C)F. The summed E-state index contributed by atoms with van der Waals surface area (Å²) in [6.07, 6.45) is 1.13. The largest absolute Gasteiger partial charge is 0.447 e. The van der Waals surface area contributed by atoms with E-state index in [9.17, 15) is 4.39 Å². The average molecular weight is 116 g/mol. The monoisotopic (exact) mass is 116 g/mol. The van der Waals surface area contributed by atoms with Gasteiger partial charge in [-0.25, -0.2) is 4.39 Å². The van der Waals surface area contributed by atoms with Gasteiger partial charge in [0.25, 0.3) is 0 Å². The molecule has 0 fully saturated rings. The summed E-state index contributed by atoms with van der Waals surface area (Å²) in [6, 6.07) is 0. The van der Waals surface area contributed by atoms with Crippen molar-refractivity contribution in [3.8, 4) is 12.0 Å². The number of rotatable bonds is 1. The third kappa shape index (κ3) is 5.29. The van der Waals surface area contributed by atoms with Crippen LogP contribution in [0.3, 0.4) is 0 Å². The lowest BCUT2D eigenvalue weighted by Gasteiger charge is -1.85. The Labute approximate surface area is 48.8 Å². The maximum Gasteiger partial charge on any atom is 0.161 e. The molecule has 0 aromatic rings. The van der Waals surface area contributed by atoms with Crippen molar-refractivity contribution >= 4 is 0 Å². The van der Waals surface area contributed by atoms with Crippen LogP contribution in [0.2, 0.25) is 0 Å². The fourth-order valence-electron chi connectivity index (χ4n) is 0.195. The maximum atomic E-state index is 11.8. The van der Waals surface area contributed by atoms with Gasteiger partial charge in [0.15, 0.2) is 6.17 Å². The van der Waals surface area contributed by atoms with Gasteiger partial charge >= 0.3 is 0 Å². The normalized spacial score (nSPS) is 11.4. The molecule has 2 heteroatoms. The summed E-state index contributed by atoms with van der Waals surface area (Å²) in [6.45, 7) is 3.68. The van der Waals surface area contributed by atoms with Crippen molar-refractivity contribution < 1.29 is 9.13 Å². The van der Waals surface area contributed by atoms with Crippen LogP contribution in [0.1, 0.15) is 13.8 Å². The standard InChI is InChI=1S/C6H9FO/c1-3-8-5-4-6(2)7/h6H,3H2,1-2H3. The first kappa shape index (κ1) is 7.29. The zero-order valence-electron chi connectivity index (χ0n) is 5.07. The molecular formula is C6H9FO. The number of hydrogen-bond acceptors (Lipinski definition) is 1. The Hall–Kier alpha value is -0.710. The van der Waals surface area contributed by atoms with Crippen LogP contribution in [0.15, 0.2) is 0 Å². The predicted molar refractivity (Wildman–Crippen MR) is 30.0 cm³/mol. The zero-order chi connectivity index (χ0) is 6.41. The first-order chi connectivity index (χ1) is 3.77. The van der Waals surface area contributed by atoms with Crippen molar-refractivity contribution in [1.29, 1.82) is 0 Å². The van der Waals surface area contributed by atoms with Gasteiger partial charge in [-0.15, -0.1) is 0 Å². The van der Waals surface area contributed by atoms with E-state index in [0.29, 0.717) is 6.61 Å². The van der Waals surface area contributed by atoms with Gasteiger partial charge < -0.3 is 4.74 Å². The van der Waals surface area contributed by atoms with Gasteiger partial charge in [0.2, 0.25) is 0 Å². The third-order valence-corrected chi connectivity index (χ3v) is 0.474. The molecule has 0 aliphatic rings. The predicted octanol–water partition coefficient (Wildman–Crippen LogP) is 1.34. The van der Waals surface area contributed by atoms with Crippen LogP contribution >= 0.6 is 0 Å². The van der Waals surface area contributed by atoms with E-state index in [1.165, 1.54) is 6.92 Å². The molecule has 8 heavy (non-hydrogen) atoms. The van der Waals surface area contributed by atoms with E-state index in [4.69, 9.17) is 0 Å². The van der Waals surface area contributed by atoms with Gasteiger partial charge in [-0.3, -0.25) is 0 Å². The highest BCUT2D eigenvalue weighted by atomic mass is 19.1. The highest BCUT2D eigenvalue weighted by Gasteiger charge is 1.84. The molecule has 1 nitrogen and oxygen atoms in total. The fraction of sp³-hybridized carbons (Fsp3) is 0.667. The van der Waals surface area contributed by atoms with Crippen molar-refractivity contribution in [3.05, 3.63) is 0 Å². The van der Waals surface area contributed by atoms with Crippen LogP contribution < -0.4 is 0 Å². The van der Waals surface area contributed by atoms with E-state index in [1.54, 1.807) is 6.92 Å². The Morgan fingerprint density at radius 3 is 2.75 bits per heavy atom. The Morgan fingerprint density at radius 1 is 1.75 bits per heavy atom. The van der Waals surface area contributed by atoms with Crippen molar-refractivity contribution in [3.63, 3.8) is 0 Å². The lowest BCUT2D eigenvalue weighted by molar-refractivity contribution is 0.296. The molecule has 46 valence electrons. The van der Waals surface area contributed by atoms with Gasteiger partial charge in [-0.05, 0) is 19.8 Å². The summed E-state index contributed by atoms with van der Waals surface area (Å²) in [5.74, 6) is 2.21. The van der Waals surface area contributed by atoms with Gasteiger partial charge in [0.05, 0.1) is 6.61 Å². The molecule has 0 saturated heterocycles. The summed E-state index contributed by atoms with van der Waals surface area (Å²) in [5, 5.41) is 0. The molecule has 0 N–H and O–H groups in total. The van der Waals surface area contributed by atoms with E-state index in [-0.39, 0.29) is 0 Å². The van der Waals surface area contributed by atoms with Crippen molar-refractivity contribution in [2.75, 3.05) is 6.61 Å². The number of ether oxygens (including phenoxy) is 1. The zero-order valence-corrected chi connectivity index (χ0v) is 5.07. The number of hydrogen-bond donors (Lipinski definition) is 0. The molecule has 0 aromatic heterocycles. The Kier molecular flexibility index (Phi) is 4.05. The molecular weight excluding hydrogens is 107 g/mol. The number of alkyl halides is 1. The van der Waals surface area contributed by atoms with Crippen molar-refractivity contribution in [1.82, 2.24) is 0 Å². The topological polar surface area (TPSA) is 9.23 Å².